The van der Waals surface area contributed by atoms with Crippen LogP contribution in [0.4, 0.5) is 0 Å². The molecule has 92 valence electrons. The zero-order valence-corrected chi connectivity index (χ0v) is 9.78. The van der Waals surface area contributed by atoms with Crippen molar-refractivity contribution in [3.05, 3.63) is 29.8 Å². The van der Waals surface area contributed by atoms with Gasteiger partial charge in [-0.3, -0.25) is 19.9 Å². The molecule has 0 unspecified atom stereocenters. The highest BCUT2D eigenvalue weighted by Crippen LogP contribution is 2.49. The minimum atomic E-state index is -3.73. The third kappa shape index (κ3) is 2.70. The second-order valence-corrected chi connectivity index (χ2v) is 5.35. The van der Waals surface area contributed by atoms with Crippen molar-refractivity contribution in [1.82, 2.24) is 0 Å². The van der Waals surface area contributed by atoms with Gasteiger partial charge in [-0.25, -0.2) is 4.79 Å². The summed E-state index contributed by atoms with van der Waals surface area (Å²) in [5.74, 6) is -1.66. The third-order valence-electron chi connectivity index (χ3n) is 2.04. The first-order valence-electron chi connectivity index (χ1n) is 4.52. The number of carboxylic acid groups (broad SMARTS) is 1. The van der Waals surface area contributed by atoms with Crippen molar-refractivity contribution in [2.75, 3.05) is 0 Å². The van der Waals surface area contributed by atoms with Crippen molar-refractivity contribution in [3.63, 3.8) is 0 Å². The molecule has 6 nitrogen and oxygen atoms in total. The van der Waals surface area contributed by atoms with E-state index in [9.17, 15) is 13.9 Å². The van der Waals surface area contributed by atoms with Gasteiger partial charge in [0.15, 0.2) is 10.8 Å². The number of benzene rings is 1. The van der Waals surface area contributed by atoms with Crippen molar-refractivity contribution in [2.45, 2.75) is 11.8 Å². The van der Waals surface area contributed by atoms with Gasteiger partial charge >= 0.3 is 5.97 Å². The lowest BCUT2D eigenvalue weighted by Crippen LogP contribution is -2.26. The number of hydrogen-bond acceptors (Lipinski definition) is 5. The first-order chi connectivity index (χ1) is 7.76. The summed E-state index contributed by atoms with van der Waals surface area (Å²) in [5, 5.41) is 22.0. The van der Waals surface area contributed by atoms with Gasteiger partial charge in [-0.15, -0.1) is 10.6 Å². The maximum Gasteiger partial charge on any atom is 0.357 e. The Balaban J connectivity index is 3.15. The van der Waals surface area contributed by atoms with E-state index in [-0.39, 0.29) is 4.90 Å². The number of nitrogens with one attached hydrogen (secondary N) is 2. The fourth-order valence-electron chi connectivity index (χ4n) is 1.15. The van der Waals surface area contributed by atoms with Gasteiger partial charge in [0.25, 0.3) is 0 Å². The molecule has 0 fully saturated rings. The molecule has 0 radical (unpaired) electrons. The van der Waals surface area contributed by atoms with Crippen LogP contribution in [-0.2, 0) is 4.79 Å². The third-order valence-corrected chi connectivity index (χ3v) is 3.73. The van der Waals surface area contributed by atoms with Gasteiger partial charge < -0.3 is 5.11 Å². The van der Waals surface area contributed by atoms with Crippen LogP contribution in [0.25, 0.3) is 0 Å². The van der Waals surface area contributed by atoms with Crippen molar-refractivity contribution < 1.29 is 19.0 Å². The Morgan fingerprint density at radius 1 is 1.29 bits per heavy atom. The largest absolute Gasteiger partial charge is 0.476 e. The summed E-state index contributed by atoms with van der Waals surface area (Å²) in [6.07, 6.45) is 0. The van der Waals surface area contributed by atoms with Gasteiger partial charge in [0.1, 0.15) is 0 Å². The second-order valence-electron chi connectivity index (χ2n) is 3.37. The number of carboxylic acids is 1. The molecule has 0 saturated heterocycles. The van der Waals surface area contributed by atoms with E-state index in [1.54, 1.807) is 19.1 Å². The molecule has 0 aromatic heterocycles. The molecule has 0 aliphatic heterocycles. The van der Waals surface area contributed by atoms with Gasteiger partial charge in [0.05, 0.1) is 4.90 Å². The fraction of sp³-hybridized carbons (Fsp3) is 0.100. The average Bonchev–Trinajstić information content (AvgIpc) is 2.26. The Kier molecular flexibility index (Phi) is 3.66. The predicted octanol–water partition coefficient (Wildman–Crippen LogP) is 2.19. The number of aryl methyl sites for hydroxylation is 1. The van der Waals surface area contributed by atoms with Crippen LogP contribution in [0, 0.1) is 17.7 Å². The van der Waals surface area contributed by atoms with E-state index >= 15 is 0 Å². The summed E-state index contributed by atoms with van der Waals surface area (Å²) >= 11 is 0. The molecule has 7 heteroatoms. The monoisotopic (exact) mass is 256 g/mol. The smallest absolute Gasteiger partial charge is 0.357 e. The molecule has 0 saturated carbocycles. The van der Waals surface area contributed by atoms with Gasteiger partial charge in [-0.05, 0) is 24.6 Å². The number of aliphatic carboxylic acids is 1. The van der Waals surface area contributed by atoms with Gasteiger partial charge in [-0.1, -0.05) is 12.1 Å². The van der Waals surface area contributed by atoms with Gasteiger partial charge in [0.2, 0.25) is 0 Å². The minimum absolute atomic E-state index is 0.0356. The lowest BCUT2D eigenvalue weighted by atomic mass is 10.2. The maximum atomic E-state index is 10.5. The molecule has 5 N–H and O–H groups in total. The molecule has 1 rings (SSSR count). The van der Waals surface area contributed by atoms with Crippen LogP contribution in [-0.4, -0.2) is 30.9 Å². The topological polar surface area (TPSA) is 125 Å². The van der Waals surface area contributed by atoms with E-state index < -0.39 is 27.3 Å². The van der Waals surface area contributed by atoms with Crippen LogP contribution in [0.2, 0.25) is 0 Å². The molecule has 1 aromatic rings. The van der Waals surface area contributed by atoms with Crippen molar-refractivity contribution in [2.24, 2.45) is 0 Å². The SMILES string of the molecule is Cc1cccc(S(O)(O)C(=N)C(=N)C(=O)O)c1. The van der Waals surface area contributed by atoms with Crippen molar-refractivity contribution in [3.8, 4) is 0 Å². The molecule has 0 amide bonds. The molecule has 17 heavy (non-hydrogen) atoms. The molecule has 0 aliphatic carbocycles. The summed E-state index contributed by atoms with van der Waals surface area (Å²) < 4.78 is 19.6. The van der Waals surface area contributed by atoms with Crippen molar-refractivity contribution >= 4 is 27.3 Å². The molecule has 0 spiro atoms. The van der Waals surface area contributed by atoms with Crippen LogP contribution in [0.1, 0.15) is 5.56 Å². The van der Waals surface area contributed by atoms with E-state index in [1.165, 1.54) is 12.1 Å². The molecular weight excluding hydrogens is 244 g/mol. The van der Waals surface area contributed by atoms with E-state index in [4.69, 9.17) is 15.9 Å². The fourth-order valence-corrected chi connectivity index (χ4v) is 2.38. The van der Waals surface area contributed by atoms with E-state index in [1.807, 2.05) is 0 Å². The predicted molar refractivity (Wildman–Crippen MR) is 65.4 cm³/mol. The molecular formula is C10H12N2O4S. The maximum absolute atomic E-state index is 10.5. The Morgan fingerprint density at radius 3 is 2.35 bits per heavy atom. The number of hydrogen-bond donors (Lipinski definition) is 5. The van der Waals surface area contributed by atoms with E-state index in [0.29, 0.717) is 0 Å². The summed E-state index contributed by atoms with van der Waals surface area (Å²) in [4.78, 5) is 10.5. The zero-order chi connectivity index (χ0) is 13.2. The summed E-state index contributed by atoms with van der Waals surface area (Å²) in [7, 11) is -3.73. The van der Waals surface area contributed by atoms with E-state index in [2.05, 4.69) is 0 Å². The van der Waals surface area contributed by atoms with Crippen LogP contribution in [0.15, 0.2) is 29.2 Å². The zero-order valence-electron chi connectivity index (χ0n) is 8.97. The van der Waals surface area contributed by atoms with Crippen LogP contribution < -0.4 is 0 Å². The molecule has 0 heterocycles. The lowest BCUT2D eigenvalue weighted by Gasteiger charge is -2.31. The Bertz CT molecular complexity index is 499. The molecule has 1 aromatic carbocycles. The minimum Gasteiger partial charge on any atom is -0.476 e. The second kappa shape index (κ2) is 4.66. The normalized spacial score (nSPS) is 11.9. The molecule has 0 bridgehead atoms. The van der Waals surface area contributed by atoms with Crippen molar-refractivity contribution in [1.29, 1.82) is 10.8 Å². The van der Waals surface area contributed by atoms with Gasteiger partial charge in [-0.2, -0.15) is 0 Å². The first-order valence-corrected chi connectivity index (χ1v) is 6.07. The summed E-state index contributed by atoms with van der Waals surface area (Å²) in [6, 6.07) is 6.12. The van der Waals surface area contributed by atoms with Crippen LogP contribution in [0.5, 0.6) is 0 Å². The number of carbonyl (C=O) groups is 1. The Labute approximate surface area is 99.3 Å². The Hall–Kier alpha value is -1.70. The van der Waals surface area contributed by atoms with Crippen LogP contribution >= 0.6 is 10.6 Å². The number of rotatable bonds is 3. The highest BCUT2D eigenvalue weighted by molar-refractivity contribution is 8.38. The highest BCUT2D eigenvalue weighted by Gasteiger charge is 2.29. The quantitative estimate of drug-likeness (QED) is 0.419. The Morgan fingerprint density at radius 2 is 1.88 bits per heavy atom. The van der Waals surface area contributed by atoms with E-state index in [0.717, 1.165) is 5.56 Å². The molecule has 0 atom stereocenters. The highest BCUT2D eigenvalue weighted by atomic mass is 32.3. The lowest BCUT2D eigenvalue weighted by molar-refractivity contribution is -0.129. The van der Waals surface area contributed by atoms with Crippen LogP contribution in [0.3, 0.4) is 0 Å². The molecule has 0 aliphatic rings. The average molecular weight is 256 g/mol. The summed E-state index contributed by atoms with van der Waals surface area (Å²) in [6.45, 7) is 1.73. The standard InChI is InChI=1S/C10H12N2O4S/c1-6-3-2-4-7(5-6)17(15,16)9(12)8(11)10(13)14/h2-5,11-12,15-16H,1H3,(H,13,14). The summed E-state index contributed by atoms with van der Waals surface area (Å²) in [5.41, 5.74) is -0.372. The first kappa shape index (κ1) is 13.4. The van der Waals surface area contributed by atoms with Gasteiger partial charge in [0, 0.05) is 0 Å².